The third-order valence-corrected chi connectivity index (χ3v) is 9.22. The normalized spacial score (nSPS) is 24.5. The molecule has 0 radical (unpaired) electrons. The Hall–Kier alpha value is -2.11. The molecular weight excluding hydrogens is 507 g/mol. The minimum Gasteiger partial charge on any atom is -0.429 e. The van der Waals surface area contributed by atoms with Crippen LogP contribution >= 0.6 is 0 Å². The lowest BCUT2D eigenvalue weighted by Crippen LogP contribution is -2.26. The van der Waals surface area contributed by atoms with Crippen LogP contribution in [0, 0.1) is 23.7 Å². The smallest absolute Gasteiger partial charge is 0.426 e. The summed E-state index contributed by atoms with van der Waals surface area (Å²) in [5, 5.41) is 0. The van der Waals surface area contributed by atoms with Crippen molar-refractivity contribution >= 4 is 0 Å². The number of benzene rings is 2. The van der Waals surface area contributed by atoms with Crippen LogP contribution in [0.15, 0.2) is 48.5 Å². The molecule has 0 aromatic heterocycles. The average Bonchev–Trinajstić information content (AvgIpc) is 2.93. The summed E-state index contributed by atoms with van der Waals surface area (Å²) in [6.07, 6.45) is 10.2. The van der Waals surface area contributed by atoms with Gasteiger partial charge >= 0.3 is 12.3 Å². The molecule has 216 valence electrons. The van der Waals surface area contributed by atoms with Crippen molar-refractivity contribution in [3.63, 3.8) is 0 Å². The monoisotopic (exact) mass is 550 g/mol. The van der Waals surface area contributed by atoms with E-state index in [4.69, 9.17) is 4.74 Å². The minimum absolute atomic E-state index is 0.312. The van der Waals surface area contributed by atoms with Crippen LogP contribution in [0.5, 0.6) is 5.75 Å². The maximum Gasteiger partial charge on any atom is 0.426 e. The number of unbranched alkanes of at least 4 members (excludes halogenated alkanes) is 2. The number of alkyl halides is 5. The molecule has 4 rings (SSSR count). The minimum atomic E-state index is -4.52. The Balaban J connectivity index is 1.18. The molecule has 2 aromatic rings. The second kappa shape index (κ2) is 13.5. The number of rotatable bonds is 11. The number of hydrogen-bond acceptors (Lipinski definition) is 1. The maximum atomic E-state index is 14.6. The third kappa shape index (κ3) is 8.69. The highest BCUT2D eigenvalue weighted by molar-refractivity contribution is 5.31. The van der Waals surface area contributed by atoms with Gasteiger partial charge in [0.25, 0.3) is 0 Å². The van der Waals surface area contributed by atoms with Gasteiger partial charge in [-0.15, -0.1) is 0 Å². The first-order valence-corrected chi connectivity index (χ1v) is 15.0. The predicted octanol–water partition coefficient (Wildman–Crippen LogP) is 11.0. The van der Waals surface area contributed by atoms with Crippen LogP contribution in [0.2, 0.25) is 0 Å². The Labute approximate surface area is 230 Å². The molecule has 0 spiro atoms. The molecule has 0 unspecified atom stereocenters. The van der Waals surface area contributed by atoms with Crippen LogP contribution < -0.4 is 4.74 Å². The number of ether oxygens (including phenoxy) is 1. The van der Waals surface area contributed by atoms with Gasteiger partial charge in [-0.1, -0.05) is 70.4 Å². The zero-order valence-corrected chi connectivity index (χ0v) is 23.1. The van der Waals surface area contributed by atoms with Gasteiger partial charge in [0.05, 0.1) is 11.1 Å². The summed E-state index contributed by atoms with van der Waals surface area (Å²) < 4.78 is 72.1. The van der Waals surface area contributed by atoms with Gasteiger partial charge < -0.3 is 4.74 Å². The van der Waals surface area contributed by atoms with E-state index in [0.29, 0.717) is 5.92 Å². The summed E-state index contributed by atoms with van der Waals surface area (Å²) in [6, 6.07) is 9.45. The first-order valence-electron chi connectivity index (χ1n) is 15.0. The van der Waals surface area contributed by atoms with E-state index < -0.39 is 17.8 Å². The molecule has 2 aliphatic carbocycles. The van der Waals surface area contributed by atoms with E-state index in [9.17, 15) is 22.0 Å². The van der Waals surface area contributed by atoms with Crippen LogP contribution in [0.1, 0.15) is 107 Å². The quantitative estimate of drug-likeness (QED) is 0.200. The second-order valence-electron chi connectivity index (χ2n) is 11.9. The molecule has 0 saturated heterocycles. The van der Waals surface area contributed by atoms with Gasteiger partial charge in [-0.25, -0.2) is 0 Å². The van der Waals surface area contributed by atoms with Crippen molar-refractivity contribution in [2.75, 3.05) is 0 Å². The predicted molar refractivity (Wildman–Crippen MR) is 146 cm³/mol. The molecule has 0 amide bonds. The molecule has 2 saturated carbocycles. The Morgan fingerprint density at radius 1 is 0.641 bits per heavy atom. The second-order valence-corrected chi connectivity index (χ2v) is 11.9. The molecule has 2 fully saturated rings. The zero-order chi connectivity index (χ0) is 27.9. The van der Waals surface area contributed by atoms with Gasteiger partial charge in [0, 0.05) is 0 Å². The van der Waals surface area contributed by atoms with Crippen molar-refractivity contribution in [3.8, 4) is 5.75 Å². The van der Waals surface area contributed by atoms with E-state index in [1.165, 1.54) is 89.2 Å². The van der Waals surface area contributed by atoms with Crippen molar-refractivity contribution < 1.29 is 26.7 Å². The van der Waals surface area contributed by atoms with Gasteiger partial charge in [-0.05, 0) is 104 Å². The van der Waals surface area contributed by atoms with Crippen LogP contribution in [-0.4, -0.2) is 0 Å². The Kier molecular flexibility index (Phi) is 10.3. The molecule has 2 aromatic carbocycles. The molecule has 0 heterocycles. The van der Waals surface area contributed by atoms with Gasteiger partial charge in [-0.2, -0.15) is 22.0 Å². The lowest BCUT2D eigenvalue weighted by Gasteiger charge is -2.38. The van der Waals surface area contributed by atoms with Crippen LogP contribution in [0.3, 0.4) is 0 Å². The summed E-state index contributed by atoms with van der Waals surface area (Å²) in [6.45, 7) is 2.28. The molecule has 0 aliphatic heterocycles. The first-order chi connectivity index (χ1) is 18.6. The number of halogens is 5. The fourth-order valence-corrected chi connectivity index (χ4v) is 6.73. The van der Waals surface area contributed by atoms with Crippen LogP contribution in [-0.2, 0) is 18.7 Å². The highest BCUT2D eigenvalue weighted by Gasteiger charge is 2.36. The number of aryl methyl sites for hydroxylation is 1. The summed E-state index contributed by atoms with van der Waals surface area (Å²) in [4.78, 5) is 0. The van der Waals surface area contributed by atoms with Crippen molar-refractivity contribution in [1.29, 1.82) is 0 Å². The van der Waals surface area contributed by atoms with Crippen LogP contribution in [0.25, 0.3) is 0 Å². The summed E-state index contributed by atoms with van der Waals surface area (Å²) in [5.41, 5.74) is -0.198. The van der Waals surface area contributed by atoms with Gasteiger partial charge in [0.1, 0.15) is 5.75 Å². The molecule has 1 nitrogen and oxygen atoms in total. The van der Waals surface area contributed by atoms with Crippen molar-refractivity contribution in [1.82, 2.24) is 0 Å². The van der Waals surface area contributed by atoms with Gasteiger partial charge in [-0.3, -0.25) is 0 Å². The zero-order valence-electron chi connectivity index (χ0n) is 23.1. The van der Waals surface area contributed by atoms with Crippen LogP contribution in [0.4, 0.5) is 22.0 Å². The average molecular weight is 551 g/mol. The third-order valence-electron chi connectivity index (χ3n) is 9.22. The fourth-order valence-electron chi connectivity index (χ4n) is 6.73. The molecule has 6 heteroatoms. The van der Waals surface area contributed by atoms with Crippen molar-refractivity contribution in [2.24, 2.45) is 23.7 Å². The van der Waals surface area contributed by atoms with E-state index in [2.05, 4.69) is 6.92 Å². The fraction of sp³-hybridized carbons (Fsp3) is 0.636. The van der Waals surface area contributed by atoms with Crippen molar-refractivity contribution in [2.45, 2.75) is 109 Å². The number of hydrogen-bond donors (Lipinski definition) is 0. The van der Waals surface area contributed by atoms with E-state index in [1.54, 1.807) is 12.1 Å². The largest absolute Gasteiger partial charge is 0.429 e. The van der Waals surface area contributed by atoms with E-state index in [-0.39, 0.29) is 11.3 Å². The Morgan fingerprint density at radius 3 is 1.67 bits per heavy atom. The van der Waals surface area contributed by atoms with E-state index in [1.807, 2.05) is 0 Å². The molecule has 0 N–H and O–H groups in total. The van der Waals surface area contributed by atoms with Crippen molar-refractivity contribution in [3.05, 3.63) is 65.2 Å². The standard InChI is InChI=1S/C33H43F5O/c1-2-3-4-5-24-8-14-27(15-9-24)28-16-10-25(11-17-28)6-7-26-12-18-30(19-13-26)33(37,38)39-31-22-20-29(21-23-31)32(34,35)36/h12-13,18-25,27-28H,2-11,14-17H2,1H3/t24-,25-,27-,28-. The molecule has 0 atom stereocenters. The van der Waals surface area contributed by atoms with E-state index in [0.717, 1.165) is 60.4 Å². The summed E-state index contributed by atoms with van der Waals surface area (Å²) >= 11 is 0. The highest BCUT2D eigenvalue weighted by Crippen LogP contribution is 2.43. The van der Waals surface area contributed by atoms with E-state index >= 15 is 0 Å². The maximum absolute atomic E-state index is 14.6. The Morgan fingerprint density at radius 2 is 1.15 bits per heavy atom. The summed E-state index contributed by atoms with van der Waals surface area (Å²) in [5.74, 6) is 3.17. The molecule has 39 heavy (non-hydrogen) atoms. The summed E-state index contributed by atoms with van der Waals surface area (Å²) in [7, 11) is 0. The SMILES string of the molecule is CCCCC[C@H]1CC[C@H]([C@H]2CC[C@H](CCc3ccc(C(F)(F)Oc4ccc(C(F)(F)F)cc4)cc3)CC2)CC1. The van der Waals surface area contributed by atoms with Gasteiger partial charge in [0.2, 0.25) is 0 Å². The lowest BCUT2D eigenvalue weighted by atomic mass is 9.68. The Bertz CT molecular complexity index is 982. The molecular formula is C33H43F5O. The molecule has 2 aliphatic rings. The lowest BCUT2D eigenvalue weighted by molar-refractivity contribution is -0.185. The molecule has 0 bridgehead atoms. The first kappa shape index (κ1) is 29.9. The van der Waals surface area contributed by atoms with Gasteiger partial charge in [0.15, 0.2) is 0 Å². The topological polar surface area (TPSA) is 9.23 Å². The highest BCUT2D eigenvalue weighted by atomic mass is 19.4.